The lowest BCUT2D eigenvalue weighted by atomic mass is 10.3. The van der Waals surface area contributed by atoms with Gasteiger partial charge in [-0.15, -0.1) is 0 Å². The van der Waals surface area contributed by atoms with Crippen molar-refractivity contribution in [3.63, 3.8) is 0 Å². The molecule has 2 heterocycles. The van der Waals surface area contributed by atoms with Crippen LogP contribution >= 0.6 is 0 Å². The van der Waals surface area contributed by atoms with Gasteiger partial charge >= 0.3 is 0 Å². The number of nitrogens with zero attached hydrogens (tertiary/aromatic N) is 2. The van der Waals surface area contributed by atoms with Crippen molar-refractivity contribution in [2.45, 2.75) is 6.92 Å². The van der Waals surface area contributed by atoms with Gasteiger partial charge in [0.15, 0.2) is 0 Å². The number of aromatic nitrogens is 2. The molecule has 0 aromatic carbocycles. The van der Waals surface area contributed by atoms with Gasteiger partial charge in [0.25, 0.3) is 5.91 Å². The molecule has 0 radical (unpaired) electrons. The highest BCUT2D eigenvalue weighted by molar-refractivity contribution is 5.92. The molecule has 0 saturated heterocycles. The molecule has 5 nitrogen and oxygen atoms in total. The molecule has 0 bridgehead atoms. The van der Waals surface area contributed by atoms with Gasteiger partial charge in [-0.05, 0) is 18.6 Å². The number of rotatable bonds is 1. The van der Waals surface area contributed by atoms with Crippen molar-refractivity contribution in [2.75, 3.05) is 0 Å². The molecule has 2 rings (SSSR count). The molecule has 2 N–H and O–H groups in total. The van der Waals surface area contributed by atoms with Crippen molar-refractivity contribution in [3.8, 4) is 0 Å². The number of hydroxylamine groups is 1. The van der Waals surface area contributed by atoms with Crippen LogP contribution < -0.4 is 5.48 Å². The smallest absolute Gasteiger partial charge is 0.293 e. The average molecular weight is 191 g/mol. The Balaban J connectivity index is 2.67. The van der Waals surface area contributed by atoms with Crippen molar-refractivity contribution in [1.82, 2.24) is 14.9 Å². The second kappa shape index (κ2) is 3.12. The van der Waals surface area contributed by atoms with Crippen LogP contribution in [0.25, 0.3) is 5.65 Å². The zero-order valence-electron chi connectivity index (χ0n) is 7.56. The summed E-state index contributed by atoms with van der Waals surface area (Å²) >= 11 is 0. The van der Waals surface area contributed by atoms with Crippen LogP contribution in [0.4, 0.5) is 0 Å². The number of aryl methyl sites for hydroxylation is 1. The lowest BCUT2D eigenvalue weighted by Gasteiger charge is -2.00. The minimum atomic E-state index is -0.567. The predicted molar refractivity (Wildman–Crippen MR) is 49.2 cm³/mol. The number of amides is 1. The van der Waals surface area contributed by atoms with Crippen LogP contribution in [-0.4, -0.2) is 20.5 Å². The first-order valence-electron chi connectivity index (χ1n) is 4.10. The van der Waals surface area contributed by atoms with Crippen molar-refractivity contribution in [2.24, 2.45) is 0 Å². The van der Waals surface area contributed by atoms with Gasteiger partial charge in [-0.1, -0.05) is 6.07 Å². The third-order valence-corrected chi connectivity index (χ3v) is 1.99. The fourth-order valence-electron chi connectivity index (χ4n) is 1.31. The van der Waals surface area contributed by atoms with E-state index in [2.05, 4.69) is 4.98 Å². The van der Waals surface area contributed by atoms with Crippen LogP contribution in [0, 0.1) is 6.92 Å². The number of fused-ring (bicyclic) bond motifs is 1. The number of pyridine rings is 1. The van der Waals surface area contributed by atoms with Crippen LogP contribution in [0.2, 0.25) is 0 Å². The van der Waals surface area contributed by atoms with Crippen LogP contribution in [0.5, 0.6) is 0 Å². The molecule has 1 amide bonds. The van der Waals surface area contributed by atoms with Gasteiger partial charge in [0.05, 0.1) is 6.20 Å². The maximum atomic E-state index is 11.2. The molecule has 0 aliphatic heterocycles. The molecule has 0 atom stereocenters. The summed E-state index contributed by atoms with van der Waals surface area (Å²) < 4.78 is 1.63. The van der Waals surface area contributed by atoms with Crippen molar-refractivity contribution in [3.05, 3.63) is 35.8 Å². The van der Waals surface area contributed by atoms with E-state index in [0.29, 0.717) is 11.3 Å². The topological polar surface area (TPSA) is 66.6 Å². The fourth-order valence-corrected chi connectivity index (χ4v) is 1.31. The number of carbonyl (C=O) groups is 1. The molecule has 0 unspecified atom stereocenters. The lowest BCUT2D eigenvalue weighted by Crippen LogP contribution is -2.20. The van der Waals surface area contributed by atoms with E-state index in [1.54, 1.807) is 16.1 Å². The second-order valence-corrected chi connectivity index (χ2v) is 3.02. The summed E-state index contributed by atoms with van der Waals surface area (Å²) in [7, 11) is 0. The maximum Gasteiger partial charge on any atom is 0.293 e. The zero-order valence-corrected chi connectivity index (χ0v) is 7.56. The SMILES string of the molecule is Cc1ccc2ncc(C(=O)NO)n2c1. The normalized spacial score (nSPS) is 10.4. The first-order valence-corrected chi connectivity index (χ1v) is 4.10. The van der Waals surface area contributed by atoms with Gasteiger partial charge < -0.3 is 0 Å². The fraction of sp³-hybridized carbons (Fsp3) is 0.111. The van der Waals surface area contributed by atoms with Gasteiger partial charge in [-0.3, -0.25) is 14.4 Å². The van der Waals surface area contributed by atoms with E-state index in [-0.39, 0.29) is 0 Å². The molecule has 0 fully saturated rings. The van der Waals surface area contributed by atoms with E-state index in [1.807, 2.05) is 19.1 Å². The highest BCUT2D eigenvalue weighted by Gasteiger charge is 2.10. The van der Waals surface area contributed by atoms with E-state index < -0.39 is 5.91 Å². The summed E-state index contributed by atoms with van der Waals surface area (Å²) in [4.78, 5) is 15.2. The molecule has 2 aromatic rings. The van der Waals surface area contributed by atoms with Crippen molar-refractivity contribution >= 4 is 11.6 Å². The Hall–Kier alpha value is -1.88. The lowest BCUT2D eigenvalue weighted by molar-refractivity contribution is 0.0699. The zero-order chi connectivity index (χ0) is 10.1. The predicted octanol–water partition coefficient (Wildman–Crippen LogP) is 0.762. The van der Waals surface area contributed by atoms with Gasteiger partial charge in [0, 0.05) is 6.20 Å². The van der Waals surface area contributed by atoms with Gasteiger partial charge in [-0.25, -0.2) is 10.5 Å². The Morgan fingerprint density at radius 2 is 2.36 bits per heavy atom. The van der Waals surface area contributed by atoms with Crippen LogP contribution in [0.1, 0.15) is 16.1 Å². The monoisotopic (exact) mass is 191 g/mol. The first-order chi connectivity index (χ1) is 6.72. The highest BCUT2D eigenvalue weighted by atomic mass is 16.5. The van der Waals surface area contributed by atoms with Crippen LogP contribution in [-0.2, 0) is 0 Å². The number of nitrogens with one attached hydrogen (secondary N) is 1. The highest BCUT2D eigenvalue weighted by Crippen LogP contribution is 2.08. The summed E-state index contributed by atoms with van der Waals surface area (Å²) in [5, 5.41) is 8.49. The van der Waals surface area contributed by atoms with E-state index >= 15 is 0 Å². The Labute approximate surface area is 80.0 Å². The Bertz CT molecular complexity index is 490. The maximum absolute atomic E-state index is 11.2. The Morgan fingerprint density at radius 3 is 3.07 bits per heavy atom. The summed E-state index contributed by atoms with van der Waals surface area (Å²) in [6.07, 6.45) is 3.20. The second-order valence-electron chi connectivity index (χ2n) is 3.02. The minimum absolute atomic E-state index is 0.311. The van der Waals surface area contributed by atoms with Gasteiger partial charge in [0.2, 0.25) is 0 Å². The van der Waals surface area contributed by atoms with E-state index in [0.717, 1.165) is 5.56 Å². The molecule has 0 spiro atoms. The third-order valence-electron chi connectivity index (χ3n) is 1.99. The molecular formula is C9H9N3O2. The van der Waals surface area contributed by atoms with Crippen LogP contribution in [0.3, 0.4) is 0 Å². The number of carbonyl (C=O) groups excluding carboxylic acids is 1. The standard InChI is InChI=1S/C9H9N3O2/c1-6-2-3-8-10-4-7(9(13)11-14)12(8)5-6/h2-5,14H,1H3,(H,11,13). The van der Waals surface area contributed by atoms with Gasteiger partial charge in [-0.2, -0.15) is 0 Å². The van der Waals surface area contributed by atoms with E-state index in [9.17, 15) is 4.79 Å². The molecule has 72 valence electrons. The molecule has 2 aromatic heterocycles. The molecule has 5 heteroatoms. The summed E-state index contributed by atoms with van der Waals surface area (Å²) in [6, 6.07) is 3.71. The molecule has 0 aliphatic carbocycles. The summed E-state index contributed by atoms with van der Waals surface area (Å²) in [5.41, 5.74) is 3.58. The molecule has 0 aliphatic rings. The number of imidazole rings is 1. The van der Waals surface area contributed by atoms with E-state index in [1.165, 1.54) is 6.20 Å². The first kappa shape index (κ1) is 8.71. The summed E-state index contributed by atoms with van der Waals surface area (Å²) in [5.74, 6) is -0.567. The Morgan fingerprint density at radius 1 is 1.57 bits per heavy atom. The number of hydrogen-bond donors (Lipinski definition) is 2. The Kier molecular flexibility index (Phi) is 1.94. The average Bonchev–Trinajstić information content (AvgIpc) is 2.59. The van der Waals surface area contributed by atoms with Crippen LogP contribution in [0.15, 0.2) is 24.5 Å². The molecule has 0 saturated carbocycles. The molecule has 14 heavy (non-hydrogen) atoms. The molecular weight excluding hydrogens is 182 g/mol. The quantitative estimate of drug-likeness (QED) is 0.516. The third kappa shape index (κ3) is 1.23. The van der Waals surface area contributed by atoms with E-state index in [4.69, 9.17) is 5.21 Å². The van der Waals surface area contributed by atoms with Gasteiger partial charge in [0.1, 0.15) is 11.3 Å². The largest absolute Gasteiger partial charge is 0.295 e. The van der Waals surface area contributed by atoms with Crippen molar-refractivity contribution in [1.29, 1.82) is 0 Å². The number of hydrogen-bond acceptors (Lipinski definition) is 3. The minimum Gasteiger partial charge on any atom is -0.295 e. The summed E-state index contributed by atoms with van der Waals surface area (Å²) in [6.45, 7) is 1.92. The van der Waals surface area contributed by atoms with Crippen molar-refractivity contribution < 1.29 is 10.0 Å².